The monoisotopic (exact) mass is 413 g/mol. The smallest absolute Gasteiger partial charge is 0.259 e. The molecule has 0 bridgehead atoms. The number of ether oxygens (including phenoxy) is 1. The number of aldehydes is 1. The van der Waals surface area contributed by atoms with Gasteiger partial charge in [-0.2, -0.15) is 0 Å². The van der Waals surface area contributed by atoms with Crippen molar-refractivity contribution in [1.82, 2.24) is 9.80 Å². The first-order valence-electron chi connectivity index (χ1n) is 9.68. The zero-order valence-electron chi connectivity index (χ0n) is 16.5. The van der Waals surface area contributed by atoms with E-state index in [0.717, 1.165) is 43.7 Å². The molecule has 4 rings (SSSR count). The van der Waals surface area contributed by atoms with E-state index in [0.29, 0.717) is 16.3 Å². The van der Waals surface area contributed by atoms with Crippen molar-refractivity contribution in [2.24, 2.45) is 0 Å². The van der Waals surface area contributed by atoms with E-state index in [-0.39, 0.29) is 5.91 Å². The summed E-state index contributed by atoms with van der Waals surface area (Å²) in [5.41, 5.74) is 2.12. The Balaban J connectivity index is 1.78. The molecule has 2 aromatic rings. The van der Waals surface area contributed by atoms with Crippen LogP contribution in [0.2, 0.25) is 5.02 Å². The second-order valence-electron chi connectivity index (χ2n) is 7.52. The second-order valence-corrected chi connectivity index (χ2v) is 7.95. The van der Waals surface area contributed by atoms with Gasteiger partial charge in [0.15, 0.2) is 0 Å². The first-order chi connectivity index (χ1) is 14.0. The van der Waals surface area contributed by atoms with Gasteiger partial charge >= 0.3 is 0 Å². The third-order valence-electron chi connectivity index (χ3n) is 5.83. The summed E-state index contributed by atoms with van der Waals surface area (Å²) in [6, 6.07) is 11.8. The molecule has 2 aromatic carbocycles. The number of fused-ring (bicyclic) bond motifs is 1. The minimum Gasteiger partial charge on any atom is -0.497 e. The molecule has 0 N–H and O–H groups in total. The van der Waals surface area contributed by atoms with Crippen molar-refractivity contribution in [1.29, 1.82) is 0 Å². The maximum atomic E-state index is 13.3. The topological polar surface area (TPSA) is 53.1 Å². The number of rotatable bonds is 5. The Morgan fingerprint density at radius 1 is 1.10 bits per heavy atom. The van der Waals surface area contributed by atoms with Crippen LogP contribution in [0.4, 0.5) is 5.69 Å². The maximum absolute atomic E-state index is 13.3. The number of nitrogens with zero attached hydrogens (tertiary/aromatic N) is 3. The lowest BCUT2D eigenvalue weighted by Crippen LogP contribution is -2.53. The van der Waals surface area contributed by atoms with E-state index < -0.39 is 12.1 Å². The van der Waals surface area contributed by atoms with Crippen LogP contribution in [0, 0.1) is 0 Å². The van der Waals surface area contributed by atoms with Gasteiger partial charge < -0.3 is 14.4 Å². The van der Waals surface area contributed by atoms with Gasteiger partial charge in [0, 0.05) is 42.5 Å². The van der Waals surface area contributed by atoms with E-state index in [2.05, 4.69) is 16.8 Å². The van der Waals surface area contributed by atoms with Crippen molar-refractivity contribution >= 4 is 29.5 Å². The molecule has 1 amide bonds. The van der Waals surface area contributed by atoms with Crippen LogP contribution >= 0.6 is 11.6 Å². The average molecular weight is 414 g/mol. The number of methoxy groups -OCH3 is 1. The minimum atomic E-state index is -0.450. The van der Waals surface area contributed by atoms with Crippen LogP contribution in [0.3, 0.4) is 0 Å². The van der Waals surface area contributed by atoms with E-state index in [1.807, 2.05) is 30.3 Å². The summed E-state index contributed by atoms with van der Waals surface area (Å²) in [5, 5.41) is 0.557. The number of benzene rings is 2. The number of hydrogen-bond acceptors (Lipinski definition) is 5. The Bertz CT molecular complexity index is 910. The van der Waals surface area contributed by atoms with Gasteiger partial charge in [-0.1, -0.05) is 11.6 Å². The van der Waals surface area contributed by atoms with E-state index in [4.69, 9.17) is 16.3 Å². The van der Waals surface area contributed by atoms with Crippen molar-refractivity contribution in [2.45, 2.75) is 12.1 Å². The number of likely N-dealkylation sites (N-methyl/N-ethyl adjacent to an activating group) is 1. The van der Waals surface area contributed by atoms with Gasteiger partial charge in [-0.05, 0) is 55.1 Å². The molecule has 29 heavy (non-hydrogen) atoms. The van der Waals surface area contributed by atoms with Crippen LogP contribution in [0.25, 0.3) is 0 Å². The van der Waals surface area contributed by atoms with Gasteiger partial charge in [-0.25, -0.2) is 0 Å². The number of hydrogen-bond donors (Lipinski definition) is 0. The molecule has 0 radical (unpaired) electrons. The molecular formula is C22H24ClN3O3. The summed E-state index contributed by atoms with van der Waals surface area (Å²) >= 11 is 6.27. The quantitative estimate of drug-likeness (QED) is 0.705. The van der Waals surface area contributed by atoms with Gasteiger partial charge in [0.1, 0.15) is 12.0 Å². The van der Waals surface area contributed by atoms with Crippen LogP contribution in [-0.2, 0) is 4.79 Å². The van der Waals surface area contributed by atoms with Crippen molar-refractivity contribution in [3.05, 3.63) is 58.6 Å². The molecule has 152 valence electrons. The van der Waals surface area contributed by atoms with Gasteiger partial charge in [0.05, 0.1) is 19.2 Å². The summed E-state index contributed by atoms with van der Waals surface area (Å²) < 4.78 is 5.25. The zero-order chi connectivity index (χ0) is 20.5. The van der Waals surface area contributed by atoms with Crippen molar-refractivity contribution < 1.29 is 14.3 Å². The fourth-order valence-corrected chi connectivity index (χ4v) is 4.39. The fourth-order valence-electron chi connectivity index (χ4n) is 4.21. The normalized spacial score (nSPS) is 21.1. The summed E-state index contributed by atoms with van der Waals surface area (Å²) in [6.07, 6.45) is 0.968. The second kappa shape index (κ2) is 8.14. The molecule has 2 unspecified atom stereocenters. The molecule has 0 aromatic heterocycles. The summed E-state index contributed by atoms with van der Waals surface area (Å²) in [6.45, 7) is 3.32. The maximum Gasteiger partial charge on any atom is 0.259 e. The van der Waals surface area contributed by atoms with Crippen LogP contribution in [0.5, 0.6) is 5.75 Å². The molecular weight excluding hydrogens is 390 g/mol. The number of anilines is 1. The number of piperazine rings is 1. The molecule has 0 saturated carbocycles. The Kier molecular flexibility index (Phi) is 5.58. The minimum absolute atomic E-state index is 0.118. The lowest BCUT2D eigenvalue weighted by molar-refractivity contribution is -0.113. The van der Waals surface area contributed by atoms with Gasteiger partial charge in [-0.3, -0.25) is 14.6 Å². The highest BCUT2D eigenvalue weighted by molar-refractivity contribution is 6.31. The van der Waals surface area contributed by atoms with E-state index in [1.54, 1.807) is 24.1 Å². The number of carbonyl (C=O) groups excluding carboxylic acids is 2. The lowest BCUT2D eigenvalue weighted by Gasteiger charge is -2.40. The Labute approximate surface area is 175 Å². The third kappa shape index (κ3) is 3.64. The SMILES string of the molecule is COc1ccc(N2C(=O)c3ccc(Cl)cc3C2C(C=O)N2CCN(C)CC2)cc1. The number of carbonyl (C=O) groups is 2. The highest BCUT2D eigenvalue weighted by Crippen LogP contribution is 2.42. The summed E-state index contributed by atoms with van der Waals surface area (Å²) in [4.78, 5) is 31.8. The molecule has 7 heteroatoms. The van der Waals surface area contributed by atoms with E-state index in [1.165, 1.54) is 0 Å². The number of amides is 1. The Morgan fingerprint density at radius 3 is 2.41 bits per heavy atom. The Morgan fingerprint density at radius 2 is 1.79 bits per heavy atom. The number of halogens is 1. The first kappa shape index (κ1) is 19.9. The molecule has 2 aliphatic rings. The molecule has 0 aliphatic carbocycles. The zero-order valence-corrected chi connectivity index (χ0v) is 17.3. The molecule has 2 aliphatic heterocycles. The van der Waals surface area contributed by atoms with E-state index in [9.17, 15) is 9.59 Å². The molecule has 1 saturated heterocycles. The van der Waals surface area contributed by atoms with Crippen LogP contribution in [-0.4, -0.2) is 68.4 Å². The highest BCUT2D eigenvalue weighted by Gasteiger charge is 2.44. The summed E-state index contributed by atoms with van der Waals surface area (Å²) in [7, 11) is 3.68. The van der Waals surface area contributed by atoms with Crippen LogP contribution in [0.15, 0.2) is 42.5 Å². The molecule has 0 spiro atoms. The predicted octanol–water partition coefficient (Wildman–Crippen LogP) is 2.87. The largest absolute Gasteiger partial charge is 0.497 e. The van der Waals surface area contributed by atoms with Gasteiger partial charge in [0.2, 0.25) is 0 Å². The lowest BCUT2D eigenvalue weighted by atomic mass is 9.97. The Hall–Kier alpha value is -2.41. The first-order valence-corrected chi connectivity index (χ1v) is 10.1. The molecule has 1 fully saturated rings. The molecule has 2 atom stereocenters. The molecule has 2 heterocycles. The van der Waals surface area contributed by atoms with Crippen LogP contribution in [0.1, 0.15) is 22.0 Å². The van der Waals surface area contributed by atoms with Crippen molar-refractivity contribution in [3.63, 3.8) is 0 Å². The van der Waals surface area contributed by atoms with Crippen LogP contribution < -0.4 is 9.64 Å². The fraction of sp³-hybridized carbons (Fsp3) is 0.364. The predicted molar refractivity (Wildman–Crippen MR) is 113 cm³/mol. The third-order valence-corrected chi connectivity index (χ3v) is 6.07. The standard InChI is InChI=1S/C22H24ClN3O3/c1-24-9-11-25(12-10-24)20(14-27)21-19-13-15(23)3-8-18(19)22(28)26(21)16-4-6-17(29-2)7-5-16/h3-8,13-14,20-21H,9-12H2,1-2H3. The van der Waals surface area contributed by atoms with Crippen molar-refractivity contribution in [3.8, 4) is 5.75 Å². The van der Waals surface area contributed by atoms with Gasteiger partial charge in [-0.15, -0.1) is 0 Å². The molecule has 6 nitrogen and oxygen atoms in total. The average Bonchev–Trinajstić information content (AvgIpc) is 3.01. The van der Waals surface area contributed by atoms with Gasteiger partial charge in [0.25, 0.3) is 5.91 Å². The highest BCUT2D eigenvalue weighted by atomic mass is 35.5. The van der Waals surface area contributed by atoms with E-state index >= 15 is 0 Å². The van der Waals surface area contributed by atoms with Crippen molar-refractivity contribution in [2.75, 3.05) is 45.2 Å². The summed E-state index contributed by atoms with van der Waals surface area (Å²) in [5.74, 6) is 0.594.